The van der Waals surface area contributed by atoms with Gasteiger partial charge in [0.05, 0.1) is 0 Å². The molecule has 6 heteroatoms. The highest BCUT2D eigenvalue weighted by atomic mass is 19.1. The van der Waals surface area contributed by atoms with E-state index >= 15 is 0 Å². The Morgan fingerprint density at radius 1 is 1.46 bits per heavy atom. The average molecular weight is 192 g/mol. The third kappa shape index (κ3) is 1.88. The van der Waals surface area contributed by atoms with Crippen molar-refractivity contribution in [2.75, 3.05) is 13.1 Å². The Balaban J connectivity index is 2.57. The summed E-state index contributed by atoms with van der Waals surface area (Å²) in [6.45, 7) is -0.109. The number of rotatable bonds is 1. The topological polar surface area (TPSA) is 77.8 Å². The first-order valence-electron chi connectivity index (χ1n) is 4.25. The largest absolute Gasteiger partial charge is 0.479 e. The zero-order valence-electron chi connectivity index (χ0n) is 7.83. The summed E-state index contributed by atoms with van der Waals surface area (Å²) in [5.41, 5.74) is -2.20. The minimum atomic E-state index is -2.20. The molecule has 1 rings (SSSR count). The van der Waals surface area contributed by atoms with Crippen LogP contribution in [0.15, 0.2) is 0 Å². The van der Waals surface area contributed by atoms with Crippen LogP contribution in [-0.2, 0) is 4.79 Å². The number of amides is 1. The van der Waals surface area contributed by atoms with E-state index in [0.29, 0.717) is 0 Å². The van der Waals surface area contributed by atoms with Crippen LogP contribution >= 0.6 is 0 Å². The van der Waals surface area contributed by atoms with Crippen molar-refractivity contribution in [3.8, 4) is 0 Å². The minimum Gasteiger partial charge on any atom is -0.479 e. The Morgan fingerprint density at radius 2 is 2.00 bits per heavy atom. The van der Waals surface area contributed by atoms with E-state index in [0.717, 1.165) is 4.90 Å². The van der Waals surface area contributed by atoms with Crippen molar-refractivity contribution < 1.29 is 24.2 Å². The molecule has 0 aromatic carbocycles. The molecule has 1 saturated heterocycles. The van der Waals surface area contributed by atoms with Gasteiger partial charge in [-0.1, -0.05) is 0 Å². The van der Waals surface area contributed by atoms with Gasteiger partial charge in [-0.3, -0.25) is 0 Å². The van der Waals surface area contributed by atoms with Crippen LogP contribution in [0.25, 0.3) is 1.43 Å². The normalized spacial score (nSPS) is 21.9. The summed E-state index contributed by atoms with van der Waals surface area (Å²) in [6, 6.07) is 0. The smallest absolute Gasteiger partial charge is 0.407 e. The number of aliphatic carboxylic acids is 1. The molecule has 1 aliphatic rings. The molecule has 1 aliphatic heterocycles. The number of hydrogen-bond acceptors (Lipinski definition) is 3. The summed E-state index contributed by atoms with van der Waals surface area (Å²) in [7, 11) is 0. The first-order valence-corrected chi connectivity index (χ1v) is 3.84. The van der Waals surface area contributed by atoms with Crippen LogP contribution < -0.4 is 0 Å². The highest BCUT2D eigenvalue weighted by Gasteiger charge is 2.42. The molecule has 0 radical (unpaired) electrons. The van der Waals surface area contributed by atoms with Gasteiger partial charge in [-0.05, 0) is 0 Å². The molecule has 1 fully saturated rings. The van der Waals surface area contributed by atoms with Gasteiger partial charge in [-0.2, -0.15) is 0 Å². The van der Waals surface area contributed by atoms with Gasteiger partial charge in [0.1, 0.15) is 0 Å². The number of nitrogens with zero attached hydrogens (tertiary/aromatic N) is 1. The average Bonchev–Trinajstić information content (AvgIpc) is 2.17. The molecule has 0 atom stereocenters. The first kappa shape index (κ1) is 8.28. The summed E-state index contributed by atoms with van der Waals surface area (Å²) in [5.74, 6) is -1.25. The molecule has 5 nitrogen and oxygen atoms in total. The summed E-state index contributed by atoms with van der Waals surface area (Å²) in [5, 5.41) is 12.1. The van der Waals surface area contributed by atoms with Gasteiger partial charge in [0.25, 0.3) is 1.43 Å². The molecule has 0 bridgehead atoms. The molecule has 0 unspecified atom stereocenters. The van der Waals surface area contributed by atoms with E-state index in [1.165, 1.54) is 0 Å². The standard InChI is InChI=1S/C7H10FNO4/c8-7(5(10)11)1-3-9(4-2-7)6(12)13/h1-4H2,(H,10,11)(H,12,13)/i/hD. The Morgan fingerprint density at radius 3 is 2.38 bits per heavy atom. The number of carboxylic acids is 1. The van der Waals surface area contributed by atoms with Gasteiger partial charge in [0.2, 0.25) is 5.67 Å². The maximum atomic E-state index is 13.6. The highest BCUT2D eigenvalue weighted by molar-refractivity contribution is 5.78. The van der Waals surface area contributed by atoms with Crippen LogP contribution in [0, 0.1) is 0 Å². The van der Waals surface area contributed by atoms with E-state index in [1.54, 1.807) is 0 Å². The van der Waals surface area contributed by atoms with Crippen molar-refractivity contribution in [1.29, 1.82) is 1.43 Å². The van der Waals surface area contributed by atoms with Gasteiger partial charge >= 0.3 is 12.1 Å². The van der Waals surface area contributed by atoms with Crippen molar-refractivity contribution in [2.24, 2.45) is 0 Å². The first-order chi connectivity index (χ1) is 6.49. The lowest BCUT2D eigenvalue weighted by Crippen LogP contribution is -2.47. The van der Waals surface area contributed by atoms with Crippen LogP contribution in [0.2, 0.25) is 0 Å². The van der Waals surface area contributed by atoms with Gasteiger partial charge in [0, 0.05) is 25.9 Å². The monoisotopic (exact) mass is 192 g/mol. The van der Waals surface area contributed by atoms with Crippen LogP contribution in [0.3, 0.4) is 0 Å². The SMILES string of the molecule is [2H]OC(=O)C1(F)CCN(C(=O)O)CC1. The Kier molecular flexibility index (Phi) is 2.03. The van der Waals surface area contributed by atoms with Crippen LogP contribution in [0.4, 0.5) is 9.18 Å². The lowest BCUT2D eigenvalue weighted by molar-refractivity contribution is -0.153. The third-order valence-electron chi connectivity index (χ3n) is 2.19. The van der Waals surface area contributed by atoms with Gasteiger partial charge < -0.3 is 15.1 Å². The fourth-order valence-electron chi connectivity index (χ4n) is 1.26. The maximum absolute atomic E-state index is 13.6. The summed E-state index contributed by atoms with van der Waals surface area (Å²) >= 11 is 0. The zero-order chi connectivity index (χ0) is 10.8. The van der Waals surface area contributed by atoms with E-state index in [1.807, 2.05) is 0 Å². The van der Waals surface area contributed by atoms with E-state index in [2.05, 4.69) is 5.11 Å². The Labute approximate surface area is 75.3 Å². The second-order valence-electron chi connectivity index (χ2n) is 3.02. The molecule has 1 heterocycles. The highest BCUT2D eigenvalue weighted by Crippen LogP contribution is 2.26. The van der Waals surface area contributed by atoms with Gasteiger partial charge in [-0.15, -0.1) is 0 Å². The fourth-order valence-corrected chi connectivity index (χ4v) is 1.26. The Bertz CT molecular complexity index is 252. The van der Waals surface area contributed by atoms with Crippen molar-refractivity contribution >= 4 is 12.1 Å². The van der Waals surface area contributed by atoms with Crippen LogP contribution in [-0.4, -0.2) is 45.9 Å². The fraction of sp³-hybridized carbons (Fsp3) is 0.714. The number of likely N-dealkylation sites (tertiary alicyclic amines) is 1. The second kappa shape index (κ2) is 3.20. The van der Waals surface area contributed by atoms with Crippen molar-refractivity contribution in [1.82, 2.24) is 4.90 Å². The van der Waals surface area contributed by atoms with Crippen LogP contribution in [0.1, 0.15) is 12.8 Å². The zero-order valence-corrected chi connectivity index (χ0v) is 6.83. The molecule has 0 aliphatic carbocycles. The molecular weight excluding hydrogens is 181 g/mol. The molecule has 0 spiro atoms. The second-order valence-corrected chi connectivity index (χ2v) is 3.02. The molecule has 2 N–H and O–H groups in total. The van der Waals surface area contributed by atoms with Crippen molar-refractivity contribution in [2.45, 2.75) is 18.5 Å². The van der Waals surface area contributed by atoms with Gasteiger partial charge in [-0.25, -0.2) is 14.0 Å². The predicted octanol–water partition coefficient (Wildman–Crippen LogP) is 0.553. The molecule has 13 heavy (non-hydrogen) atoms. The third-order valence-corrected chi connectivity index (χ3v) is 2.19. The van der Waals surface area contributed by atoms with Gasteiger partial charge in [0.15, 0.2) is 0 Å². The quantitative estimate of drug-likeness (QED) is 0.636. The summed E-state index contributed by atoms with van der Waals surface area (Å²) < 4.78 is 19.9. The molecule has 74 valence electrons. The number of halogens is 1. The maximum Gasteiger partial charge on any atom is 0.407 e. The lowest BCUT2D eigenvalue weighted by Gasteiger charge is -2.31. The minimum absolute atomic E-state index is 0.0546. The molecule has 1 amide bonds. The molecule has 0 aromatic rings. The number of hydrogen-bond donors (Lipinski definition) is 2. The number of piperidine rings is 1. The van der Waals surface area contributed by atoms with E-state index < -0.39 is 17.7 Å². The van der Waals surface area contributed by atoms with Crippen molar-refractivity contribution in [3.63, 3.8) is 0 Å². The molecular formula is C7H10FNO4. The van der Waals surface area contributed by atoms with E-state index in [-0.39, 0.29) is 25.9 Å². The number of alkyl halides is 1. The Hall–Kier alpha value is -1.33. The lowest BCUT2D eigenvalue weighted by atomic mass is 9.94. The van der Waals surface area contributed by atoms with E-state index in [4.69, 9.17) is 6.54 Å². The molecule has 0 saturated carbocycles. The molecule has 0 aromatic heterocycles. The number of carbonyl (C=O) groups is 2. The predicted molar refractivity (Wildman–Crippen MR) is 40.3 cm³/mol. The van der Waals surface area contributed by atoms with E-state index in [9.17, 15) is 14.0 Å². The van der Waals surface area contributed by atoms with Crippen LogP contribution in [0.5, 0.6) is 0 Å². The van der Waals surface area contributed by atoms with Crippen molar-refractivity contribution in [3.05, 3.63) is 0 Å². The summed E-state index contributed by atoms with van der Waals surface area (Å²) in [6.07, 6.45) is -1.64. The summed E-state index contributed by atoms with van der Waals surface area (Å²) in [4.78, 5) is 22.3. The number of carboxylic acid groups (broad SMARTS) is 2.